The molecule has 0 spiro atoms. The first-order valence-electron chi connectivity index (χ1n) is 10.6. The first-order chi connectivity index (χ1) is 14.4. The molecule has 2 aromatic rings. The first-order valence-corrected chi connectivity index (χ1v) is 10.6. The van der Waals surface area contributed by atoms with Crippen molar-refractivity contribution >= 4 is 23.4 Å². The Bertz CT molecular complexity index is 821. The Balaban J connectivity index is 2.06. The molecule has 4 amide bonds. The highest BCUT2D eigenvalue weighted by Crippen LogP contribution is 2.20. The number of carbonyl (C=O) groups is 2. The van der Waals surface area contributed by atoms with E-state index in [9.17, 15) is 9.59 Å². The van der Waals surface area contributed by atoms with Crippen molar-refractivity contribution in [2.45, 2.75) is 27.2 Å². The van der Waals surface area contributed by atoms with Crippen LogP contribution < -0.4 is 9.80 Å². The average Bonchev–Trinajstić information content (AvgIpc) is 2.79. The smallest absolute Gasteiger partial charge is 0.325 e. The maximum Gasteiger partial charge on any atom is 0.328 e. The number of anilines is 2. The Hall–Kier alpha value is -3.02. The quantitative estimate of drug-likeness (QED) is 0.633. The van der Waals surface area contributed by atoms with Crippen molar-refractivity contribution in [3.63, 3.8) is 0 Å². The summed E-state index contributed by atoms with van der Waals surface area (Å²) in [7, 11) is 3.55. The minimum absolute atomic E-state index is 0.0791. The molecule has 162 valence electrons. The van der Waals surface area contributed by atoms with Gasteiger partial charge in [0, 0.05) is 51.6 Å². The van der Waals surface area contributed by atoms with Gasteiger partial charge in [0.15, 0.2) is 0 Å². The van der Waals surface area contributed by atoms with Crippen LogP contribution in [0.1, 0.15) is 26.3 Å². The average molecular weight is 411 g/mol. The maximum absolute atomic E-state index is 12.9. The van der Waals surface area contributed by atoms with Gasteiger partial charge in [-0.15, -0.1) is 0 Å². The zero-order chi connectivity index (χ0) is 22.1. The van der Waals surface area contributed by atoms with Crippen molar-refractivity contribution in [3.8, 4) is 0 Å². The van der Waals surface area contributed by atoms with Gasteiger partial charge in [0.2, 0.25) is 0 Å². The SMILES string of the molecule is CCN(CC)C(=O)N(CC)CCc1cccc(N(C)C(=O)N(C)c2ccccc2)c1. The highest BCUT2D eigenvalue weighted by Gasteiger charge is 2.19. The van der Waals surface area contributed by atoms with E-state index < -0.39 is 0 Å². The van der Waals surface area contributed by atoms with Gasteiger partial charge in [-0.2, -0.15) is 0 Å². The molecule has 0 aliphatic rings. The van der Waals surface area contributed by atoms with Crippen LogP contribution >= 0.6 is 0 Å². The lowest BCUT2D eigenvalue weighted by molar-refractivity contribution is 0.160. The summed E-state index contributed by atoms with van der Waals surface area (Å²) in [5.41, 5.74) is 2.78. The molecule has 6 nitrogen and oxygen atoms in total. The Morgan fingerprint density at radius 3 is 1.87 bits per heavy atom. The van der Waals surface area contributed by atoms with Crippen LogP contribution in [0.3, 0.4) is 0 Å². The number of amides is 4. The minimum atomic E-state index is -0.106. The van der Waals surface area contributed by atoms with Gasteiger partial charge in [-0.25, -0.2) is 9.59 Å². The molecule has 2 aromatic carbocycles. The van der Waals surface area contributed by atoms with Crippen molar-refractivity contribution in [3.05, 3.63) is 60.2 Å². The lowest BCUT2D eigenvalue weighted by Gasteiger charge is -2.28. The third-order valence-electron chi connectivity index (χ3n) is 5.37. The molecule has 0 unspecified atom stereocenters. The molecular weight excluding hydrogens is 376 g/mol. The zero-order valence-electron chi connectivity index (χ0n) is 18.8. The van der Waals surface area contributed by atoms with Crippen LogP contribution in [0.4, 0.5) is 21.0 Å². The van der Waals surface area contributed by atoms with Crippen molar-refractivity contribution < 1.29 is 9.59 Å². The molecule has 0 radical (unpaired) electrons. The van der Waals surface area contributed by atoms with Gasteiger partial charge in [0.1, 0.15) is 0 Å². The number of para-hydroxylation sites is 1. The number of hydrogen-bond acceptors (Lipinski definition) is 2. The normalized spacial score (nSPS) is 10.4. The fourth-order valence-corrected chi connectivity index (χ4v) is 3.37. The van der Waals surface area contributed by atoms with Crippen molar-refractivity contribution in [1.29, 1.82) is 0 Å². The topological polar surface area (TPSA) is 47.1 Å². The first kappa shape index (κ1) is 23.3. The largest absolute Gasteiger partial charge is 0.328 e. The van der Waals surface area contributed by atoms with Crippen molar-refractivity contribution in [2.24, 2.45) is 0 Å². The van der Waals surface area contributed by atoms with E-state index in [4.69, 9.17) is 0 Å². The molecule has 0 heterocycles. The highest BCUT2D eigenvalue weighted by atomic mass is 16.2. The predicted octanol–water partition coefficient (Wildman–Crippen LogP) is 4.71. The lowest BCUT2D eigenvalue weighted by Crippen LogP contribution is -2.43. The van der Waals surface area contributed by atoms with Gasteiger partial charge in [-0.05, 0) is 57.0 Å². The summed E-state index contributed by atoms with van der Waals surface area (Å²) in [6, 6.07) is 17.5. The number of rotatable bonds is 8. The summed E-state index contributed by atoms with van der Waals surface area (Å²) >= 11 is 0. The molecule has 30 heavy (non-hydrogen) atoms. The fraction of sp³-hybridized carbons (Fsp3) is 0.417. The number of benzene rings is 2. The van der Waals surface area contributed by atoms with Gasteiger partial charge in [0.25, 0.3) is 0 Å². The molecule has 2 rings (SSSR count). The van der Waals surface area contributed by atoms with Gasteiger partial charge >= 0.3 is 12.1 Å². The van der Waals surface area contributed by atoms with Gasteiger partial charge in [0.05, 0.1) is 0 Å². The van der Waals surface area contributed by atoms with E-state index in [0.29, 0.717) is 26.2 Å². The molecule has 0 saturated carbocycles. The lowest BCUT2D eigenvalue weighted by atomic mass is 10.1. The summed E-state index contributed by atoms with van der Waals surface area (Å²) in [6.07, 6.45) is 0.741. The fourth-order valence-electron chi connectivity index (χ4n) is 3.37. The van der Waals surface area contributed by atoms with Crippen molar-refractivity contribution in [2.75, 3.05) is 50.1 Å². The Morgan fingerprint density at radius 2 is 1.27 bits per heavy atom. The number of hydrogen-bond donors (Lipinski definition) is 0. The van der Waals surface area contributed by atoms with Crippen LogP contribution in [0.15, 0.2) is 54.6 Å². The number of carbonyl (C=O) groups excluding carboxylic acids is 2. The Labute approximate surface area is 180 Å². The highest BCUT2D eigenvalue weighted by molar-refractivity contribution is 6.02. The van der Waals surface area contributed by atoms with E-state index in [1.807, 2.05) is 85.2 Å². The second-order valence-electron chi connectivity index (χ2n) is 7.19. The summed E-state index contributed by atoms with van der Waals surface area (Å²) in [5, 5.41) is 0. The van der Waals surface area contributed by atoms with Gasteiger partial charge in [-0.3, -0.25) is 9.80 Å². The van der Waals surface area contributed by atoms with Gasteiger partial charge in [-0.1, -0.05) is 30.3 Å². The predicted molar refractivity (Wildman–Crippen MR) is 124 cm³/mol. The van der Waals surface area contributed by atoms with E-state index in [1.54, 1.807) is 23.9 Å². The van der Waals surface area contributed by atoms with E-state index in [0.717, 1.165) is 23.4 Å². The standard InChI is InChI=1S/C24H34N4O2/c1-6-27(7-2)24(30)28(8-3)18-17-20-13-12-16-22(19-20)26(5)23(29)25(4)21-14-10-9-11-15-21/h9-16,19H,6-8,17-18H2,1-5H3. The van der Waals surface area contributed by atoms with Crippen LogP contribution in [-0.4, -0.2) is 62.1 Å². The molecule has 0 aromatic heterocycles. The van der Waals surface area contributed by atoms with E-state index in [1.165, 1.54) is 0 Å². The van der Waals surface area contributed by atoms with E-state index in [-0.39, 0.29) is 12.1 Å². The number of likely N-dealkylation sites (N-methyl/N-ethyl adjacent to an activating group) is 1. The molecule has 0 N–H and O–H groups in total. The molecule has 6 heteroatoms. The third kappa shape index (κ3) is 5.75. The van der Waals surface area contributed by atoms with Gasteiger partial charge < -0.3 is 9.80 Å². The summed E-state index contributed by atoms with van der Waals surface area (Å²) in [5.74, 6) is 0. The summed E-state index contributed by atoms with van der Waals surface area (Å²) in [6.45, 7) is 8.75. The molecule has 0 aliphatic heterocycles. The van der Waals surface area contributed by atoms with Crippen LogP contribution in [0.2, 0.25) is 0 Å². The zero-order valence-corrected chi connectivity index (χ0v) is 18.8. The Kier molecular flexibility index (Phi) is 8.71. The van der Waals surface area contributed by atoms with Crippen LogP contribution in [-0.2, 0) is 6.42 Å². The van der Waals surface area contributed by atoms with E-state index >= 15 is 0 Å². The van der Waals surface area contributed by atoms with Crippen LogP contribution in [0, 0.1) is 0 Å². The molecule has 0 saturated heterocycles. The molecule has 0 fully saturated rings. The molecular formula is C24H34N4O2. The second kappa shape index (κ2) is 11.2. The van der Waals surface area contributed by atoms with Crippen LogP contribution in [0.25, 0.3) is 0 Å². The summed E-state index contributed by atoms with van der Waals surface area (Å²) < 4.78 is 0. The molecule has 0 atom stereocenters. The maximum atomic E-state index is 12.9. The third-order valence-corrected chi connectivity index (χ3v) is 5.37. The number of nitrogens with zero attached hydrogens (tertiary/aromatic N) is 4. The monoisotopic (exact) mass is 410 g/mol. The minimum Gasteiger partial charge on any atom is -0.325 e. The molecule has 0 bridgehead atoms. The Morgan fingerprint density at radius 1 is 0.700 bits per heavy atom. The molecule has 0 aliphatic carbocycles. The van der Waals surface area contributed by atoms with E-state index in [2.05, 4.69) is 0 Å². The van der Waals surface area contributed by atoms with Crippen molar-refractivity contribution in [1.82, 2.24) is 9.80 Å². The second-order valence-corrected chi connectivity index (χ2v) is 7.19. The van der Waals surface area contributed by atoms with Crippen LogP contribution in [0.5, 0.6) is 0 Å². The summed E-state index contributed by atoms with van der Waals surface area (Å²) in [4.78, 5) is 32.5. The number of urea groups is 2.